The van der Waals surface area contributed by atoms with E-state index in [-0.39, 0.29) is 11.6 Å². The van der Waals surface area contributed by atoms with E-state index in [0.29, 0.717) is 19.6 Å². The zero-order valence-corrected chi connectivity index (χ0v) is 18.1. The Morgan fingerprint density at radius 2 is 1.75 bits per heavy atom. The van der Waals surface area contributed by atoms with Gasteiger partial charge in [0.25, 0.3) is 11.6 Å². The van der Waals surface area contributed by atoms with Crippen molar-refractivity contribution in [2.45, 2.75) is 6.54 Å². The molecule has 2 aromatic heterocycles. The predicted molar refractivity (Wildman–Crippen MR) is 123 cm³/mol. The van der Waals surface area contributed by atoms with Crippen LogP contribution in [0.3, 0.4) is 0 Å². The minimum absolute atomic E-state index is 0.0653. The first-order valence-corrected chi connectivity index (χ1v) is 11.2. The van der Waals surface area contributed by atoms with Crippen LogP contribution in [0.15, 0.2) is 66.2 Å². The summed E-state index contributed by atoms with van der Waals surface area (Å²) in [5.74, 6) is 0.0707. The van der Waals surface area contributed by atoms with Crippen molar-refractivity contribution in [2.75, 3.05) is 26.2 Å². The van der Waals surface area contributed by atoms with Crippen LogP contribution in [-0.2, 0) is 6.54 Å². The molecule has 2 aromatic carbocycles. The summed E-state index contributed by atoms with van der Waals surface area (Å²) < 4.78 is 2.09. The normalized spacial score (nSPS) is 14.7. The minimum Gasteiger partial charge on any atom is -0.336 e. The molecule has 0 aliphatic carbocycles. The molecule has 32 heavy (non-hydrogen) atoms. The van der Waals surface area contributed by atoms with E-state index >= 15 is 0 Å². The van der Waals surface area contributed by atoms with Gasteiger partial charge in [-0.05, 0) is 24.3 Å². The highest BCUT2D eigenvalue weighted by Crippen LogP contribution is 2.29. The molecule has 1 fully saturated rings. The Balaban J connectivity index is 1.34. The maximum Gasteiger partial charge on any atom is 0.269 e. The Morgan fingerprint density at radius 1 is 1.03 bits per heavy atom. The molecule has 1 saturated heterocycles. The van der Waals surface area contributed by atoms with Gasteiger partial charge in [0.15, 0.2) is 4.96 Å². The number of thiazole rings is 1. The van der Waals surface area contributed by atoms with Gasteiger partial charge in [0.05, 0.1) is 16.3 Å². The molecule has 1 aliphatic rings. The molecule has 162 valence electrons. The van der Waals surface area contributed by atoms with Crippen LogP contribution in [0, 0.1) is 10.1 Å². The molecule has 0 bridgehead atoms. The number of imidazole rings is 1. The molecule has 4 aromatic rings. The number of nitro groups is 1. The molecule has 8 nitrogen and oxygen atoms in total. The molecule has 0 spiro atoms. The molecule has 3 heterocycles. The molecule has 1 amide bonds. The van der Waals surface area contributed by atoms with Crippen LogP contribution in [0.25, 0.3) is 16.2 Å². The number of nitrogens with zero attached hydrogens (tertiary/aromatic N) is 5. The third kappa shape index (κ3) is 3.88. The lowest BCUT2D eigenvalue weighted by atomic mass is 10.1. The average molecular weight is 448 g/mol. The van der Waals surface area contributed by atoms with E-state index in [9.17, 15) is 14.9 Å². The third-order valence-electron chi connectivity index (χ3n) is 5.77. The molecule has 0 saturated carbocycles. The van der Waals surface area contributed by atoms with Gasteiger partial charge in [-0.2, -0.15) is 0 Å². The number of fused-ring (bicyclic) bond motifs is 1. The highest BCUT2D eigenvalue weighted by Gasteiger charge is 2.24. The van der Waals surface area contributed by atoms with E-state index in [1.165, 1.54) is 12.1 Å². The van der Waals surface area contributed by atoms with Gasteiger partial charge in [-0.1, -0.05) is 18.2 Å². The van der Waals surface area contributed by atoms with Gasteiger partial charge in [0, 0.05) is 67.6 Å². The smallest absolute Gasteiger partial charge is 0.269 e. The van der Waals surface area contributed by atoms with Gasteiger partial charge in [-0.25, -0.2) is 4.98 Å². The lowest BCUT2D eigenvalue weighted by molar-refractivity contribution is -0.384. The second-order valence-electron chi connectivity index (χ2n) is 7.70. The van der Waals surface area contributed by atoms with E-state index in [1.807, 2.05) is 46.8 Å². The highest BCUT2D eigenvalue weighted by molar-refractivity contribution is 7.15. The highest BCUT2D eigenvalue weighted by atomic mass is 32.1. The van der Waals surface area contributed by atoms with Gasteiger partial charge in [-0.15, -0.1) is 11.3 Å². The summed E-state index contributed by atoms with van der Waals surface area (Å²) in [6.07, 6.45) is 2.01. The van der Waals surface area contributed by atoms with Crippen LogP contribution in [0.2, 0.25) is 0 Å². The van der Waals surface area contributed by atoms with Crippen molar-refractivity contribution < 1.29 is 9.72 Å². The first kappa shape index (κ1) is 20.3. The summed E-state index contributed by atoms with van der Waals surface area (Å²) in [6, 6.07) is 15.9. The summed E-state index contributed by atoms with van der Waals surface area (Å²) in [4.78, 5) is 33.2. The Bertz CT molecular complexity index is 1260. The number of piperazine rings is 1. The monoisotopic (exact) mass is 447 g/mol. The van der Waals surface area contributed by atoms with Crippen molar-refractivity contribution in [3.63, 3.8) is 0 Å². The Morgan fingerprint density at radius 3 is 2.44 bits per heavy atom. The number of hydrogen-bond acceptors (Lipinski definition) is 6. The topological polar surface area (TPSA) is 84.0 Å². The zero-order chi connectivity index (χ0) is 22.1. The van der Waals surface area contributed by atoms with Crippen molar-refractivity contribution in [1.82, 2.24) is 19.2 Å². The van der Waals surface area contributed by atoms with Crippen molar-refractivity contribution in [3.8, 4) is 11.3 Å². The quantitative estimate of drug-likeness (QED) is 0.342. The number of amides is 1. The van der Waals surface area contributed by atoms with E-state index in [4.69, 9.17) is 4.98 Å². The van der Waals surface area contributed by atoms with E-state index in [2.05, 4.69) is 9.30 Å². The van der Waals surface area contributed by atoms with E-state index in [0.717, 1.165) is 40.6 Å². The van der Waals surface area contributed by atoms with Gasteiger partial charge < -0.3 is 4.90 Å². The second-order valence-corrected chi connectivity index (χ2v) is 8.57. The summed E-state index contributed by atoms with van der Waals surface area (Å²) >= 11 is 1.56. The third-order valence-corrected chi connectivity index (χ3v) is 6.52. The number of carbonyl (C=O) groups excluding carboxylic acids is 1. The number of benzene rings is 2. The summed E-state index contributed by atoms with van der Waals surface area (Å²) in [7, 11) is 0. The SMILES string of the molecule is O=C(c1ccccc1)N1CCN(Cc2c(-c3ccc([N+](=O)[O-])cc3)nc3sccn23)CC1. The number of carbonyl (C=O) groups is 1. The minimum atomic E-state index is -0.396. The summed E-state index contributed by atoms with van der Waals surface area (Å²) in [5, 5.41) is 13.0. The van der Waals surface area contributed by atoms with Crippen LogP contribution in [0.4, 0.5) is 5.69 Å². The van der Waals surface area contributed by atoms with Crippen LogP contribution in [0.1, 0.15) is 16.1 Å². The van der Waals surface area contributed by atoms with E-state index < -0.39 is 4.92 Å². The molecular weight excluding hydrogens is 426 g/mol. The molecule has 0 N–H and O–H groups in total. The van der Waals surface area contributed by atoms with Gasteiger partial charge in [-0.3, -0.25) is 24.2 Å². The number of hydrogen-bond donors (Lipinski definition) is 0. The lowest BCUT2D eigenvalue weighted by Crippen LogP contribution is -2.48. The van der Waals surface area contributed by atoms with Crippen molar-refractivity contribution in [3.05, 3.63) is 87.5 Å². The number of non-ortho nitro benzene ring substituents is 1. The van der Waals surface area contributed by atoms with Crippen LogP contribution >= 0.6 is 11.3 Å². The van der Waals surface area contributed by atoms with Gasteiger partial charge >= 0.3 is 0 Å². The first-order chi connectivity index (χ1) is 15.6. The Hall–Kier alpha value is -3.56. The Labute approximate surface area is 188 Å². The fraction of sp³-hybridized carbons (Fsp3) is 0.217. The maximum atomic E-state index is 12.7. The fourth-order valence-corrected chi connectivity index (χ4v) is 4.77. The van der Waals surface area contributed by atoms with Crippen molar-refractivity contribution >= 4 is 27.9 Å². The molecule has 1 aliphatic heterocycles. The summed E-state index contributed by atoms with van der Waals surface area (Å²) in [6.45, 7) is 3.58. The number of aromatic nitrogens is 2. The molecule has 9 heteroatoms. The van der Waals surface area contributed by atoms with Crippen LogP contribution in [0.5, 0.6) is 0 Å². The van der Waals surface area contributed by atoms with E-state index in [1.54, 1.807) is 23.5 Å². The molecule has 0 atom stereocenters. The number of rotatable bonds is 5. The Kier molecular flexibility index (Phi) is 5.42. The average Bonchev–Trinajstić information content (AvgIpc) is 3.42. The van der Waals surface area contributed by atoms with Crippen molar-refractivity contribution in [2.24, 2.45) is 0 Å². The molecular formula is C23H21N5O3S. The summed E-state index contributed by atoms with van der Waals surface area (Å²) in [5.41, 5.74) is 3.54. The predicted octanol–water partition coefficient (Wildman–Crippen LogP) is 3.93. The molecule has 0 radical (unpaired) electrons. The largest absolute Gasteiger partial charge is 0.336 e. The second kappa shape index (κ2) is 8.52. The van der Waals surface area contributed by atoms with Crippen LogP contribution < -0.4 is 0 Å². The van der Waals surface area contributed by atoms with Crippen LogP contribution in [-0.4, -0.2) is 56.2 Å². The van der Waals surface area contributed by atoms with Gasteiger partial charge in [0.1, 0.15) is 0 Å². The molecule has 5 rings (SSSR count). The standard InChI is InChI=1S/C23H21N5O3S/c29-22(18-4-2-1-3-5-18)26-12-10-25(11-13-26)16-20-21(24-23-27(20)14-15-32-23)17-6-8-19(9-7-17)28(30)31/h1-9,14-15H,10-13,16H2. The van der Waals surface area contributed by atoms with Gasteiger partial charge in [0.2, 0.25) is 0 Å². The lowest BCUT2D eigenvalue weighted by Gasteiger charge is -2.34. The van der Waals surface area contributed by atoms with Crippen molar-refractivity contribution in [1.29, 1.82) is 0 Å². The number of nitro benzene ring substituents is 1. The maximum absolute atomic E-state index is 12.7. The fourth-order valence-electron chi connectivity index (χ4n) is 4.04. The first-order valence-electron chi connectivity index (χ1n) is 10.4. The molecule has 0 unspecified atom stereocenters. The zero-order valence-electron chi connectivity index (χ0n) is 17.3.